The average molecular weight is 1120 g/mol. The van der Waals surface area contributed by atoms with Gasteiger partial charge >= 0.3 is 69.4 Å². The van der Waals surface area contributed by atoms with Crippen LogP contribution in [0.4, 0.5) is 5.82 Å². The summed E-state index contributed by atoms with van der Waals surface area (Å²) in [5, 5.41) is 19.9. The first-order valence-electron chi connectivity index (χ1n) is 22.5. The van der Waals surface area contributed by atoms with Gasteiger partial charge in [0.05, 0.1) is 31.9 Å². The Morgan fingerprint density at radius 1 is 0.461 bits per heavy atom. The second kappa shape index (κ2) is 34.1. The van der Waals surface area contributed by atoms with E-state index in [0.29, 0.717) is 56.7 Å². The number of ether oxygens (including phenoxy) is 4. The molecule has 9 rings (SSSR count). The second-order valence-corrected chi connectivity index (χ2v) is 17.6. The number of aryl methyl sites for hydroxylation is 6. The number of aromatic hydroxyl groups is 1. The van der Waals surface area contributed by atoms with Gasteiger partial charge in [0, 0.05) is 55.3 Å². The molecule has 0 unspecified atom stereocenters. The van der Waals surface area contributed by atoms with E-state index in [1.807, 2.05) is 52.0 Å². The van der Waals surface area contributed by atoms with E-state index in [1.165, 1.54) is 36.3 Å². The van der Waals surface area contributed by atoms with Gasteiger partial charge in [-0.05, 0) is 141 Å². The van der Waals surface area contributed by atoms with E-state index in [-0.39, 0.29) is 57.1 Å². The first-order valence-corrected chi connectivity index (χ1v) is 23.7. The molecule has 8 aromatic heterocycles. The first kappa shape index (κ1) is 63.7. The normalized spacial score (nSPS) is 9.95. The van der Waals surface area contributed by atoms with Crippen molar-refractivity contribution in [1.29, 1.82) is 0 Å². The minimum absolute atomic E-state index is 0. The zero-order valence-corrected chi connectivity index (χ0v) is 48.7. The summed E-state index contributed by atoms with van der Waals surface area (Å²) >= 11 is 16.4. The fourth-order valence-electron chi connectivity index (χ4n) is 4.92. The van der Waals surface area contributed by atoms with Gasteiger partial charge in [-0.25, -0.2) is 54.8 Å². The van der Waals surface area contributed by atoms with Gasteiger partial charge in [-0.1, -0.05) is 56.1 Å². The van der Waals surface area contributed by atoms with Crippen molar-refractivity contribution in [3.05, 3.63) is 196 Å². The molecule has 8 heterocycles. The molecule has 0 spiro atoms. The van der Waals surface area contributed by atoms with E-state index in [4.69, 9.17) is 64.6 Å². The number of hydrogen-bond donors (Lipinski definition) is 2. The summed E-state index contributed by atoms with van der Waals surface area (Å²) in [6, 6.07) is 22.6. The van der Waals surface area contributed by atoms with Crippen LogP contribution in [-0.4, -0.2) is 77.6 Å². The SMILES string of the molecule is CC(C)(C)[O-].COc1ccc(CCc2ccc(Oc3ncc(C)cn3)cn2)cc1.Cc1cnc(Cl)nc1.Cc1cnc(Oc2ccc(Cl)nc2)nc1.Cc1cnc(Oc2ccc(N)nc2)nc1.Oc1ccc(Cl)nc1.[K+]. The van der Waals surface area contributed by atoms with Gasteiger partial charge in [0.1, 0.15) is 44.9 Å². The molecule has 0 radical (unpaired) electrons. The number of halogens is 3. The van der Waals surface area contributed by atoms with Crippen molar-refractivity contribution in [2.24, 2.45) is 0 Å². The third-order valence-electron chi connectivity index (χ3n) is 8.45. The largest absolute Gasteiger partial charge is 1.00 e. The zero-order chi connectivity index (χ0) is 54.6. The maximum absolute atomic E-state index is 10.1. The van der Waals surface area contributed by atoms with Gasteiger partial charge in [-0.15, -0.1) is 5.60 Å². The van der Waals surface area contributed by atoms with E-state index < -0.39 is 5.60 Å². The van der Waals surface area contributed by atoms with Gasteiger partial charge in [0.25, 0.3) is 0 Å². The summed E-state index contributed by atoms with van der Waals surface area (Å²) in [5.74, 6) is 3.21. The quantitative estimate of drug-likeness (QED) is 0.0747. The molecule has 76 heavy (non-hydrogen) atoms. The van der Waals surface area contributed by atoms with Crippen molar-refractivity contribution < 1.29 is 80.5 Å². The van der Waals surface area contributed by atoms with E-state index in [1.54, 1.807) is 108 Å². The Bertz CT molecular complexity index is 2720. The summed E-state index contributed by atoms with van der Waals surface area (Å²) in [6.07, 6.45) is 21.4. The molecule has 3 N–H and O–H groups in total. The molecule has 9 aromatic rings. The Balaban J connectivity index is 0.000000257. The van der Waals surface area contributed by atoms with E-state index in [9.17, 15) is 5.11 Å². The molecular formula is C53H55Cl3KN13O6. The van der Waals surface area contributed by atoms with Gasteiger partial charge < -0.3 is 34.9 Å². The fraction of sp³-hybridized carbons (Fsp3) is 0.208. The van der Waals surface area contributed by atoms with Crippen molar-refractivity contribution >= 4 is 40.6 Å². The Morgan fingerprint density at radius 2 is 0.829 bits per heavy atom. The summed E-state index contributed by atoms with van der Waals surface area (Å²) in [6.45, 7) is 12.6. The van der Waals surface area contributed by atoms with Crippen molar-refractivity contribution in [1.82, 2.24) is 59.8 Å². The van der Waals surface area contributed by atoms with E-state index >= 15 is 0 Å². The van der Waals surface area contributed by atoms with Crippen LogP contribution >= 0.6 is 34.8 Å². The molecule has 19 nitrogen and oxygen atoms in total. The molecule has 390 valence electrons. The average Bonchev–Trinajstić information content (AvgIpc) is 3.39. The molecule has 0 fully saturated rings. The number of methoxy groups -OCH3 is 1. The first-order chi connectivity index (χ1) is 35.8. The monoisotopic (exact) mass is 1110 g/mol. The van der Waals surface area contributed by atoms with Crippen molar-refractivity contribution in [3.8, 4) is 46.8 Å². The van der Waals surface area contributed by atoms with E-state index in [0.717, 1.165) is 46.5 Å². The van der Waals surface area contributed by atoms with Crippen LogP contribution in [-0.2, 0) is 12.8 Å². The minimum atomic E-state index is -0.750. The topological polar surface area (TPSA) is 261 Å². The number of benzene rings is 1. The molecule has 0 aliphatic carbocycles. The predicted molar refractivity (Wildman–Crippen MR) is 286 cm³/mol. The molecule has 0 saturated heterocycles. The van der Waals surface area contributed by atoms with Crippen LogP contribution < -0.4 is 81.2 Å². The van der Waals surface area contributed by atoms with Gasteiger partial charge in [0.2, 0.25) is 5.28 Å². The van der Waals surface area contributed by atoms with Crippen LogP contribution in [0.3, 0.4) is 0 Å². The van der Waals surface area contributed by atoms with Crippen molar-refractivity contribution in [2.45, 2.75) is 66.9 Å². The van der Waals surface area contributed by atoms with Gasteiger partial charge in [-0.3, -0.25) is 4.98 Å². The third kappa shape index (κ3) is 28.3. The maximum Gasteiger partial charge on any atom is 1.00 e. The Morgan fingerprint density at radius 3 is 1.16 bits per heavy atom. The van der Waals surface area contributed by atoms with Crippen molar-refractivity contribution in [3.63, 3.8) is 0 Å². The number of nitrogens with zero attached hydrogens (tertiary/aromatic N) is 12. The number of hydrogen-bond acceptors (Lipinski definition) is 19. The molecule has 0 aliphatic heterocycles. The standard InChI is InChI=1S/C19H19N3O2.C10H8ClN3O.C10H10N4O.C5H5ClN2.C5H4ClNO.C4H9O.K/c1-14-11-21-19(22-12-14)24-18-10-7-16(20-13-18)6-3-15-4-8-17(23-2)9-5-15;2*1-7-4-13-10(14-5-7)15-8-2-3-9(11)12-6-8;1-4-2-7-5(6)8-3-4;6-5-2-1-4(8)3-7-5;1-4(2,3)5;/h4-5,7-13H,3,6H2,1-2H3;2-6H,1H3;2-6H,1H3,(H2,11,12);2-3H,1H3;1-3,8H;1-3H3;/q;;;;;-1;+1. The minimum Gasteiger partial charge on any atom is -0.850 e. The van der Waals surface area contributed by atoms with Crippen LogP contribution in [0.2, 0.25) is 15.6 Å². The summed E-state index contributed by atoms with van der Waals surface area (Å²) in [4.78, 5) is 47.5. The molecular weight excluding hydrogens is 1060 g/mol. The number of aromatic nitrogens is 12. The molecule has 0 amide bonds. The number of rotatable bonds is 10. The number of anilines is 1. The van der Waals surface area contributed by atoms with Crippen LogP contribution in [0.25, 0.3) is 0 Å². The Hall–Kier alpha value is -6.59. The second-order valence-electron chi connectivity index (χ2n) is 16.5. The molecule has 0 bridgehead atoms. The van der Waals surface area contributed by atoms with E-state index in [2.05, 4.69) is 71.9 Å². The van der Waals surface area contributed by atoms with Crippen LogP contribution in [0.5, 0.6) is 46.8 Å². The molecule has 0 aliphatic rings. The molecule has 23 heteroatoms. The smallest absolute Gasteiger partial charge is 0.850 e. The fourth-order valence-corrected chi connectivity index (χ4v) is 5.24. The molecule has 0 saturated carbocycles. The zero-order valence-electron chi connectivity index (χ0n) is 43.3. The van der Waals surface area contributed by atoms with Gasteiger partial charge in [-0.2, -0.15) is 0 Å². The van der Waals surface area contributed by atoms with Crippen LogP contribution in [0.15, 0.2) is 147 Å². The van der Waals surface area contributed by atoms with Gasteiger partial charge in [0.15, 0.2) is 0 Å². The number of pyridine rings is 4. The number of nitrogens with two attached hydrogens (primary N) is 1. The van der Waals surface area contributed by atoms with Crippen LogP contribution in [0.1, 0.15) is 54.3 Å². The molecule has 0 atom stereocenters. The Kier molecular flexibility index (Phi) is 28.6. The summed E-state index contributed by atoms with van der Waals surface area (Å²) in [7, 11) is 1.67. The summed E-state index contributed by atoms with van der Waals surface area (Å²) in [5.41, 5.74) is 10.9. The Labute approximate surface area is 499 Å². The number of nitrogen functional groups attached to an aromatic ring is 1. The maximum atomic E-state index is 10.1. The predicted octanol–water partition coefficient (Wildman–Crippen LogP) is 7.97. The molecule has 1 aromatic carbocycles. The van der Waals surface area contributed by atoms with Crippen LogP contribution in [0, 0.1) is 27.7 Å². The third-order valence-corrected chi connectivity index (χ3v) is 9.09. The van der Waals surface area contributed by atoms with Crippen molar-refractivity contribution in [2.75, 3.05) is 12.8 Å². The summed E-state index contributed by atoms with van der Waals surface area (Å²) < 4.78 is 21.4.